The molecule has 0 aliphatic heterocycles. The molecule has 0 radical (unpaired) electrons. The van der Waals surface area contributed by atoms with E-state index in [1.54, 1.807) is 11.3 Å². The van der Waals surface area contributed by atoms with E-state index in [2.05, 4.69) is 146 Å². The van der Waals surface area contributed by atoms with E-state index < -0.39 is 0 Å². The van der Waals surface area contributed by atoms with Crippen LogP contribution < -0.4 is 0 Å². The molecular weight excluding hydrogens is 655 g/mol. The Morgan fingerprint density at radius 2 is 1.25 bits per heavy atom. The summed E-state index contributed by atoms with van der Waals surface area (Å²) in [6.07, 6.45) is 0. The number of benzene rings is 7. The number of nitrogens with zero attached hydrogens (tertiary/aromatic N) is 3. The maximum Gasteiger partial charge on any atom is 0.166 e. The van der Waals surface area contributed by atoms with Gasteiger partial charge in [0.15, 0.2) is 5.82 Å². The predicted molar refractivity (Wildman–Crippen MR) is 216 cm³/mol. The molecular formula is C47H27N3OS. The molecule has 0 saturated heterocycles. The summed E-state index contributed by atoms with van der Waals surface area (Å²) >= 11 is 1.72. The Balaban J connectivity index is 1.26. The zero-order chi connectivity index (χ0) is 34.0. The van der Waals surface area contributed by atoms with Crippen LogP contribution >= 0.6 is 11.3 Å². The molecule has 0 N–H and O–H groups in total. The van der Waals surface area contributed by atoms with Crippen molar-refractivity contribution >= 4 is 86.3 Å². The summed E-state index contributed by atoms with van der Waals surface area (Å²) in [7, 11) is 0. The summed E-state index contributed by atoms with van der Waals surface area (Å²) in [6, 6.07) is 46.3. The van der Waals surface area contributed by atoms with Gasteiger partial charge in [-0.25, -0.2) is 9.97 Å². The lowest BCUT2D eigenvalue weighted by Gasteiger charge is -2.21. The standard InChI is InChI=1S/C47H27N3OS/c1-47(2)30-16-5-3-11-27(30)38-29(15-8-17-31(38)47)43-45(49-46-44(48-43)28-12-4-6-19-36(28)52-46)50-32-21-20-24-10-7-13-25-26-14-9-18-34-39(26)42-35(51-34)23-22-33(50)41(42)40(32)37(24)25/h3-23H,1-2H3. The number of thiophene rings is 1. The zero-order valence-corrected chi connectivity index (χ0v) is 29.1. The van der Waals surface area contributed by atoms with Gasteiger partial charge >= 0.3 is 0 Å². The van der Waals surface area contributed by atoms with Crippen LogP contribution in [0.15, 0.2) is 132 Å². The highest BCUT2D eigenvalue weighted by molar-refractivity contribution is 7.25. The molecule has 0 bridgehead atoms. The first-order valence-corrected chi connectivity index (χ1v) is 18.7. The summed E-state index contributed by atoms with van der Waals surface area (Å²) in [4.78, 5) is 12.3. The lowest BCUT2D eigenvalue weighted by Crippen LogP contribution is -2.14. The molecule has 0 atom stereocenters. The van der Waals surface area contributed by atoms with Crippen LogP contribution in [-0.2, 0) is 5.41 Å². The first-order chi connectivity index (χ1) is 25.6. The highest BCUT2D eigenvalue weighted by atomic mass is 32.1. The van der Waals surface area contributed by atoms with E-state index in [0.717, 1.165) is 55.0 Å². The SMILES string of the molecule is CC1(C)c2ccccc2-c2c(-c3nc4c(nc3-n3c5ccc6cccc7c6c5c5c6c(ccc53)oc3cccc-7c36)sc3ccccc34)cccc21. The van der Waals surface area contributed by atoms with Crippen LogP contribution in [0.1, 0.15) is 25.0 Å². The molecule has 0 spiro atoms. The van der Waals surface area contributed by atoms with Crippen molar-refractivity contribution in [1.29, 1.82) is 0 Å². The summed E-state index contributed by atoms with van der Waals surface area (Å²) < 4.78 is 10.2. The first kappa shape index (κ1) is 27.4. The summed E-state index contributed by atoms with van der Waals surface area (Å²) in [6.45, 7) is 4.68. The Morgan fingerprint density at radius 3 is 2.17 bits per heavy atom. The van der Waals surface area contributed by atoms with Crippen LogP contribution in [0.5, 0.6) is 0 Å². The molecule has 0 unspecified atom stereocenters. The van der Waals surface area contributed by atoms with Crippen molar-refractivity contribution in [2.24, 2.45) is 0 Å². The minimum Gasteiger partial charge on any atom is -0.456 e. The average Bonchev–Trinajstić information content (AvgIpc) is 3.88. The molecule has 242 valence electrons. The van der Waals surface area contributed by atoms with Gasteiger partial charge < -0.3 is 4.42 Å². The highest BCUT2D eigenvalue weighted by Gasteiger charge is 2.38. The minimum absolute atomic E-state index is 0.139. The van der Waals surface area contributed by atoms with Crippen molar-refractivity contribution in [3.8, 4) is 39.3 Å². The van der Waals surface area contributed by atoms with Gasteiger partial charge in [-0.3, -0.25) is 4.57 Å². The van der Waals surface area contributed by atoms with Gasteiger partial charge in [-0.15, -0.1) is 11.3 Å². The predicted octanol–water partition coefficient (Wildman–Crippen LogP) is 12.9. The minimum atomic E-state index is -0.139. The summed E-state index contributed by atoms with van der Waals surface area (Å²) in [5, 5.41) is 8.44. The Morgan fingerprint density at radius 1 is 0.558 bits per heavy atom. The molecule has 0 fully saturated rings. The topological polar surface area (TPSA) is 43.9 Å². The fraction of sp³-hybridized carbons (Fsp3) is 0.0638. The van der Waals surface area contributed by atoms with Gasteiger partial charge in [0, 0.05) is 42.6 Å². The average molecular weight is 682 g/mol. The molecule has 0 saturated carbocycles. The van der Waals surface area contributed by atoms with Crippen molar-refractivity contribution in [2.75, 3.05) is 0 Å². The Hall–Kier alpha value is -6.30. The number of rotatable bonds is 2. The third-order valence-corrected chi connectivity index (χ3v) is 13.0. The highest BCUT2D eigenvalue weighted by Crippen LogP contribution is 2.54. The second-order valence-electron chi connectivity index (χ2n) is 14.9. The van der Waals surface area contributed by atoms with E-state index in [-0.39, 0.29) is 5.41 Å². The third-order valence-electron chi connectivity index (χ3n) is 12.0. The van der Waals surface area contributed by atoms with Gasteiger partial charge in [-0.2, -0.15) is 0 Å². The van der Waals surface area contributed by atoms with Gasteiger partial charge in [0.25, 0.3) is 0 Å². The van der Waals surface area contributed by atoms with Crippen LogP contribution in [0, 0.1) is 0 Å². The molecule has 13 rings (SSSR count). The first-order valence-electron chi connectivity index (χ1n) is 17.8. The molecule has 2 aliphatic rings. The molecule has 4 nitrogen and oxygen atoms in total. The lowest BCUT2D eigenvalue weighted by atomic mass is 9.82. The van der Waals surface area contributed by atoms with E-state index in [4.69, 9.17) is 14.4 Å². The fourth-order valence-corrected chi connectivity index (χ4v) is 10.8. The molecule has 4 heterocycles. The fourth-order valence-electron chi connectivity index (χ4n) is 9.75. The second kappa shape index (κ2) is 9.13. The van der Waals surface area contributed by atoms with Crippen LogP contribution in [0.4, 0.5) is 0 Å². The molecule has 11 aromatic rings. The van der Waals surface area contributed by atoms with Gasteiger partial charge in [-0.1, -0.05) is 111 Å². The van der Waals surface area contributed by atoms with Crippen LogP contribution in [0.3, 0.4) is 0 Å². The normalized spacial score (nSPS) is 14.1. The monoisotopic (exact) mass is 681 g/mol. The van der Waals surface area contributed by atoms with Gasteiger partial charge in [-0.05, 0) is 74.5 Å². The maximum atomic E-state index is 6.58. The molecule has 7 aromatic carbocycles. The summed E-state index contributed by atoms with van der Waals surface area (Å²) in [5.74, 6) is 0.847. The van der Waals surface area contributed by atoms with E-state index in [0.29, 0.717) is 0 Å². The number of aromatic nitrogens is 3. The Kier molecular flexibility index (Phi) is 4.81. The molecule has 0 amide bonds. The molecule has 5 heteroatoms. The van der Waals surface area contributed by atoms with Gasteiger partial charge in [0.1, 0.15) is 27.2 Å². The number of hydrogen-bond acceptors (Lipinski definition) is 4. The quantitative estimate of drug-likeness (QED) is 0.182. The molecule has 52 heavy (non-hydrogen) atoms. The molecule has 4 aromatic heterocycles. The second-order valence-corrected chi connectivity index (χ2v) is 15.9. The van der Waals surface area contributed by atoms with E-state index in [9.17, 15) is 0 Å². The van der Waals surface area contributed by atoms with Crippen LogP contribution in [0.25, 0.3) is 114 Å². The number of furan rings is 1. The lowest BCUT2D eigenvalue weighted by molar-refractivity contribution is 0.660. The molecule has 2 aliphatic carbocycles. The Bertz CT molecular complexity index is 3450. The van der Waals surface area contributed by atoms with E-state index in [1.165, 1.54) is 70.4 Å². The third kappa shape index (κ3) is 3.12. The van der Waals surface area contributed by atoms with Gasteiger partial charge in [0.05, 0.1) is 11.0 Å². The van der Waals surface area contributed by atoms with E-state index >= 15 is 0 Å². The van der Waals surface area contributed by atoms with Crippen molar-refractivity contribution in [3.05, 3.63) is 139 Å². The maximum absolute atomic E-state index is 6.58. The van der Waals surface area contributed by atoms with Crippen LogP contribution in [0.2, 0.25) is 0 Å². The van der Waals surface area contributed by atoms with Gasteiger partial charge in [0.2, 0.25) is 0 Å². The summed E-state index contributed by atoms with van der Waals surface area (Å²) in [5.41, 5.74) is 14.5. The Labute approximate surface area is 301 Å². The van der Waals surface area contributed by atoms with Crippen molar-refractivity contribution in [2.45, 2.75) is 19.3 Å². The number of hydrogen-bond donors (Lipinski definition) is 0. The van der Waals surface area contributed by atoms with Crippen molar-refractivity contribution in [1.82, 2.24) is 14.5 Å². The zero-order valence-electron chi connectivity index (χ0n) is 28.3. The van der Waals surface area contributed by atoms with Crippen molar-refractivity contribution in [3.63, 3.8) is 0 Å². The smallest absolute Gasteiger partial charge is 0.166 e. The van der Waals surface area contributed by atoms with Crippen molar-refractivity contribution < 1.29 is 4.42 Å². The van der Waals surface area contributed by atoms with E-state index in [1.807, 2.05) is 0 Å². The number of fused-ring (bicyclic) bond motifs is 7. The van der Waals surface area contributed by atoms with Crippen LogP contribution in [-0.4, -0.2) is 14.5 Å². The largest absolute Gasteiger partial charge is 0.456 e.